The van der Waals surface area contributed by atoms with Gasteiger partial charge in [0.1, 0.15) is 5.75 Å². The zero-order chi connectivity index (χ0) is 14.5. The Morgan fingerprint density at radius 1 is 1.30 bits per heavy atom. The second-order valence-electron chi connectivity index (χ2n) is 5.78. The van der Waals surface area contributed by atoms with Gasteiger partial charge in [0.15, 0.2) is 0 Å². The summed E-state index contributed by atoms with van der Waals surface area (Å²) < 4.78 is 5.17. The summed E-state index contributed by atoms with van der Waals surface area (Å²) in [4.78, 5) is 4.67. The molecule has 0 radical (unpaired) electrons. The fourth-order valence-electron chi connectivity index (χ4n) is 2.86. The van der Waals surface area contributed by atoms with Crippen LogP contribution in [-0.4, -0.2) is 67.9 Å². The summed E-state index contributed by atoms with van der Waals surface area (Å²) >= 11 is 0. The van der Waals surface area contributed by atoms with Crippen molar-refractivity contribution < 1.29 is 9.84 Å². The van der Waals surface area contributed by atoms with Crippen LogP contribution in [0, 0.1) is 0 Å². The Hall–Kier alpha value is -1.10. The van der Waals surface area contributed by atoms with E-state index in [2.05, 4.69) is 36.0 Å². The number of hydrogen-bond donors (Lipinski definition) is 1. The molecule has 1 aliphatic rings. The lowest BCUT2D eigenvalue weighted by Crippen LogP contribution is -2.35. The van der Waals surface area contributed by atoms with E-state index in [-0.39, 0.29) is 6.61 Å². The third kappa shape index (κ3) is 3.72. The van der Waals surface area contributed by atoms with Gasteiger partial charge in [-0.25, -0.2) is 0 Å². The van der Waals surface area contributed by atoms with Crippen LogP contribution in [0.25, 0.3) is 0 Å². The summed E-state index contributed by atoms with van der Waals surface area (Å²) in [5, 5.41) is 9.52. The van der Waals surface area contributed by atoms with Gasteiger partial charge in [0.25, 0.3) is 0 Å². The highest BCUT2D eigenvalue weighted by Gasteiger charge is 2.32. The Balaban J connectivity index is 1.88. The average Bonchev–Trinajstić information content (AvgIpc) is 2.89. The Morgan fingerprint density at radius 2 is 2.00 bits per heavy atom. The molecule has 1 aromatic carbocycles. The molecule has 0 aromatic heterocycles. The molecule has 2 rings (SSSR count). The molecule has 0 aliphatic carbocycles. The normalized spacial score (nSPS) is 23.4. The second-order valence-corrected chi connectivity index (χ2v) is 5.78. The number of likely N-dealkylation sites (N-methyl/N-ethyl adjacent to an activating group) is 1. The van der Waals surface area contributed by atoms with Gasteiger partial charge in [0.05, 0.1) is 13.7 Å². The number of hydrogen-bond acceptors (Lipinski definition) is 4. The van der Waals surface area contributed by atoms with Crippen LogP contribution in [0.15, 0.2) is 24.3 Å². The quantitative estimate of drug-likeness (QED) is 0.849. The van der Waals surface area contributed by atoms with Crippen LogP contribution in [0.2, 0.25) is 0 Å². The first-order chi connectivity index (χ1) is 9.63. The van der Waals surface area contributed by atoms with E-state index < -0.39 is 0 Å². The topological polar surface area (TPSA) is 35.9 Å². The minimum absolute atomic E-state index is 0.257. The van der Waals surface area contributed by atoms with Gasteiger partial charge in [0.2, 0.25) is 0 Å². The molecule has 1 fully saturated rings. The number of benzene rings is 1. The molecule has 1 heterocycles. The van der Waals surface area contributed by atoms with Crippen molar-refractivity contribution in [3.8, 4) is 5.75 Å². The van der Waals surface area contributed by atoms with E-state index >= 15 is 0 Å². The molecule has 1 aromatic rings. The summed E-state index contributed by atoms with van der Waals surface area (Å²) in [6, 6.07) is 9.11. The van der Waals surface area contributed by atoms with Gasteiger partial charge < -0.3 is 14.7 Å². The number of nitrogens with zero attached hydrogens (tertiary/aromatic N) is 2. The van der Waals surface area contributed by atoms with E-state index in [1.54, 1.807) is 7.11 Å². The maximum Gasteiger partial charge on any atom is 0.118 e. The molecule has 0 spiro atoms. The highest BCUT2D eigenvalue weighted by molar-refractivity contribution is 5.27. The van der Waals surface area contributed by atoms with Crippen LogP contribution in [0.3, 0.4) is 0 Å². The number of rotatable bonds is 6. The second kappa shape index (κ2) is 7.07. The Labute approximate surface area is 122 Å². The molecule has 0 amide bonds. The first kappa shape index (κ1) is 15.3. The highest BCUT2D eigenvalue weighted by Crippen LogP contribution is 2.21. The molecule has 0 saturated carbocycles. The Kier molecular flexibility index (Phi) is 5.40. The molecule has 0 bridgehead atoms. The van der Waals surface area contributed by atoms with Gasteiger partial charge in [0, 0.05) is 25.2 Å². The minimum Gasteiger partial charge on any atom is -0.497 e. The van der Waals surface area contributed by atoms with Crippen LogP contribution in [0.5, 0.6) is 5.75 Å². The SMILES string of the molecule is COc1ccc(CCN2C[C@H](N(C)C)C[C@H]2CO)cc1. The van der Waals surface area contributed by atoms with Gasteiger partial charge >= 0.3 is 0 Å². The van der Waals surface area contributed by atoms with Gasteiger partial charge in [-0.15, -0.1) is 0 Å². The van der Waals surface area contributed by atoms with Crippen molar-refractivity contribution in [2.24, 2.45) is 0 Å². The fraction of sp³-hybridized carbons (Fsp3) is 0.625. The average molecular weight is 278 g/mol. The van der Waals surface area contributed by atoms with Crippen molar-refractivity contribution in [3.05, 3.63) is 29.8 Å². The maximum atomic E-state index is 9.52. The molecule has 2 atom stereocenters. The molecule has 1 saturated heterocycles. The first-order valence-electron chi connectivity index (χ1n) is 7.28. The van der Waals surface area contributed by atoms with Gasteiger partial charge in [-0.3, -0.25) is 4.90 Å². The maximum absolute atomic E-state index is 9.52. The molecular formula is C16H26N2O2. The van der Waals surface area contributed by atoms with Gasteiger partial charge in [-0.05, 0) is 44.6 Å². The summed E-state index contributed by atoms with van der Waals surface area (Å²) in [7, 11) is 5.92. The van der Waals surface area contributed by atoms with E-state index in [0.29, 0.717) is 12.1 Å². The lowest BCUT2D eigenvalue weighted by molar-refractivity contribution is 0.159. The predicted molar refractivity (Wildman–Crippen MR) is 81.2 cm³/mol. The van der Waals surface area contributed by atoms with Gasteiger partial charge in [-0.2, -0.15) is 0 Å². The summed E-state index contributed by atoms with van der Waals surface area (Å²) in [5.41, 5.74) is 1.32. The van der Waals surface area contributed by atoms with E-state index in [1.165, 1.54) is 5.56 Å². The standard InChI is InChI=1S/C16H26N2O2/c1-17(2)14-10-15(12-19)18(11-14)9-8-13-4-6-16(20-3)7-5-13/h4-7,14-15,19H,8-12H2,1-3H3/t14-,15+/m1/s1. The van der Waals surface area contributed by atoms with Crippen molar-refractivity contribution in [1.29, 1.82) is 0 Å². The summed E-state index contributed by atoms with van der Waals surface area (Å²) in [5.74, 6) is 0.899. The molecule has 1 N–H and O–H groups in total. The molecule has 0 unspecified atom stereocenters. The van der Waals surface area contributed by atoms with E-state index in [4.69, 9.17) is 4.74 Å². The molecule has 112 valence electrons. The molecular weight excluding hydrogens is 252 g/mol. The van der Waals surface area contributed by atoms with Crippen LogP contribution in [0.4, 0.5) is 0 Å². The largest absolute Gasteiger partial charge is 0.497 e. The number of methoxy groups -OCH3 is 1. The smallest absolute Gasteiger partial charge is 0.118 e. The molecule has 4 nitrogen and oxygen atoms in total. The van der Waals surface area contributed by atoms with Crippen molar-refractivity contribution in [3.63, 3.8) is 0 Å². The third-order valence-corrected chi connectivity index (χ3v) is 4.29. The first-order valence-corrected chi connectivity index (χ1v) is 7.28. The van der Waals surface area contributed by atoms with Crippen LogP contribution in [-0.2, 0) is 6.42 Å². The number of likely N-dealkylation sites (tertiary alicyclic amines) is 1. The molecule has 20 heavy (non-hydrogen) atoms. The summed E-state index contributed by atoms with van der Waals surface area (Å²) in [6.07, 6.45) is 2.08. The predicted octanol–water partition coefficient (Wildman–Crippen LogP) is 1.23. The van der Waals surface area contributed by atoms with Crippen LogP contribution in [0.1, 0.15) is 12.0 Å². The Bertz CT molecular complexity index is 405. The van der Waals surface area contributed by atoms with E-state index in [9.17, 15) is 5.11 Å². The summed E-state index contributed by atoms with van der Waals surface area (Å²) in [6.45, 7) is 2.31. The third-order valence-electron chi connectivity index (χ3n) is 4.29. The van der Waals surface area contributed by atoms with Crippen molar-refractivity contribution in [2.45, 2.75) is 24.9 Å². The lowest BCUT2D eigenvalue weighted by atomic mass is 10.1. The van der Waals surface area contributed by atoms with Crippen molar-refractivity contribution in [1.82, 2.24) is 9.80 Å². The van der Waals surface area contributed by atoms with Crippen molar-refractivity contribution in [2.75, 3.05) is 40.9 Å². The number of aliphatic hydroxyl groups is 1. The monoisotopic (exact) mass is 278 g/mol. The zero-order valence-corrected chi connectivity index (χ0v) is 12.7. The lowest BCUT2D eigenvalue weighted by Gasteiger charge is -2.23. The Morgan fingerprint density at radius 3 is 2.55 bits per heavy atom. The van der Waals surface area contributed by atoms with Gasteiger partial charge in [-0.1, -0.05) is 12.1 Å². The zero-order valence-electron chi connectivity index (χ0n) is 12.7. The van der Waals surface area contributed by atoms with Crippen molar-refractivity contribution >= 4 is 0 Å². The minimum atomic E-state index is 0.257. The fourth-order valence-corrected chi connectivity index (χ4v) is 2.86. The number of aliphatic hydroxyl groups excluding tert-OH is 1. The number of ether oxygens (including phenoxy) is 1. The van der Waals surface area contributed by atoms with Crippen LogP contribution >= 0.6 is 0 Å². The van der Waals surface area contributed by atoms with E-state index in [0.717, 1.165) is 31.7 Å². The van der Waals surface area contributed by atoms with E-state index in [1.807, 2.05) is 12.1 Å². The van der Waals surface area contributed by atoms with Crippen LogP contribution < -0.4 is 4.74 Å². The molecule has 1 aliphatic heterocycles. The molecule has 4 heteroatoms. The highest BCUT2D eigenvalue weighted by atomic mass is 16.5.